The van der Waals surface area contributed by atoms with Crippen molar-refractivity contribution in [2.45, 2.75) is 12.6 Å². The minimum Gasteiger partial charge on any atom is -0.507 e. The van der Waals surface area contributed by atoms with E-state index in [9.17, 15) is 14.7 Å². The Morgan fingerprint density at radius 2 is 1.79 bits per heavy atom. The molecule has 1 amide bonds. The van der Waals surface area contributed by atoms with Crippen molar-refractivity contribution in [3.8, 4) is 11.5 Å². The lowest BCUT2D eigenvalue weighted by molar-refractivity contribution is -0.140. The summed E-state index contributed by atoms with van der Waals surface area (Å²) in [6, 6.07) is 14.4. The van der Waals surface area contributed by atoms with Gasteiger partial charge in [0.2, 0.25) is 0 Å². The van der Waals surface area contributed by atoms with Crippen molar-refractivity contribution in [3.63, 3.8) is 0 Å². The van der Waals surface area contributed by atoms with Gasteiger partial charge in [-0.1, -0.05) is 29.8 Å². The third kappa shape index (κ3) is 4.27. The molecule has 1 aliphatic heterocycles. The zero-order valence-electron chi connectivity index (χ0n) is 18.0. The lowest BCUT2D eigenvalue weighted by Gasteiger charge is -2.25. The molecule has 0 spiro atoms. The van der Waals surface area contributed by atoms with Crippen molar-refractivity contribution in [3.05, 3.63) is 94.3 Å². The molecule has 1 aromatic heterocycles. The number of methoxy groups -OCH3 is 2. The first-order valence-corrected chi connectivity index (χ1v) is 10.5. The summed E-state index contributed by atoms with van der Waals surface area (Å²) in [6.45, 7) is 0.147. The molecule has 1 saturated heterocycles. The lowest BCUT2D eigenvalue weighted by Crippen LogP contribution is -2.29. The number of pyridine rings is 1. The summed E-state index contributed by atoms with van der Waals surface area (Å²) >= 11 is 6.06. The fourth-order valence-electron chi connectivity index (χ4n) is 3.86. The van der Waals surface area contributed by atoms with Crippen LogP contribution in [-0.2, 0) is 16.1 Å². The van der Waals surface area contributed by atoms with Gasteiger partial charge in [0.25, 0.3) is 11.7 Å². The number of benzene rings is 2. The van der Waals surface area contributed by atoms with Crippen molar-refractivity contribution in [2.75, 3.05) is 14.2 Å². The summed E-state index contributed by atoms with van der Waals surface area (Å²) in [7, 11) is 2.98. The average molecular weight is 465 g/mol. The maximum atomic E-state index is 13.1. The third-order valence-electron chi connectivity index (χ3n) is 5.46. The van der Waals surface area contributed by atoms with Gasteiger partial charge in [0.05, 0.1) is 25.8 Å². The van der Waals surface area contributed by atoms with Crippen LogP contribution in [0.4, 0.5) is 0 Å². The normalized spacial score (nSPS) is 17.3. The molecule has 1 aliphatic rings. The van der Waals surface area contributed by atoms with Gasteiger partial charge in [-0.05, 0) is 47.5 Å². The number of carbonyl (C=O) groups excluding carboxylic acids is 2. The van der Waals surface area contributed by atoms with Gasteiger partial charge in [0, 0.05) is 29.5 Å². The molecule has 0 aliphatic carbocycles. The van der Waals surface area contributed by atoms with Gasteiger partial charge in [-0.2, -0.15) is 0 Å². The van der Waals surface area contributed by atoms with Crippen LogP contribution in [0, 0.1) is 0 Å². The number of ether oxygens (including phenoxy) is 2. The van der Waals surface area contributed by atoms with Crippen LogP contribution < -0.4 is 9.47 Å². The number of aliphatic hydroxyl groups excluding tert-OH is 1. The Morgan fingerprint density at radius 3 is 2.42 bits per heavy atom. The lowest BCUT2D eigenvalue weighted by atomic mass is 9.95. The highest BCUT2D eigenvalue weighted by Crippen LogP contribution is 2.41. The fourth-order valence-corrected chi connectivity index (χ4v) is 3.99. The van der Waals surface area contributed by atoms with Crippen molar-refractivity contribution < 1.29 is 24.2 Å². The highest BCUT2D eigenvalue weighted by molar-refractivity contribution is 6.46. The number of Topliss-reactive ketones (excluding diaryl/α,β-unsaturated/α-hetero) is 1. The molecule has 8 heteroatoms. The Morgan fingerprint density at radius 1 is 1.06 bits per heavy atom. The van der Waals surface area contributed by atoms with Crippen LogP contribution in [-0.4, -0.2) is 40.9 Å². The topological polar surface area (TPSA) is 89.0 Å². The number of hydrogen-bond donors (Lipinski definition) is 1. The summed E-state index contributed by atoms with van der Waals surface area (Å²) in [5.74, 6) is -0.926. The third-order valence-corrected chi connectivity index (χ3v) is 5.71. The Balaban J connectivity index is 1.86. The minimum absolute atomic E-state index is 0.0153. The number of likely N-dealkylation sites (tertiary alicyclic amines) is 1. The number of halogens is 1. The SMILES string of the molecule is COc1ccc(/C(O)=C2\C(=O)C(=O)N(Cc3cccnc3)[C@@H]2c2ccc(Cl)cc2)cc1OC. The second-order valence-electron chi connectivity index (χ2n) is 7.41. The van der Waals surface area contributed by atoms with E-state index in [0.29, 0.717) is 27.6 Å². The number of ketones is 1. The smallest absolute Gasteiger partial charge is 0.295 e. The molecule has 2 heterocycles. The molecule has 2 aromatic carbocycles. The zero-order chi connectivity index (χ0) is 23.5. The second-order valence-corrected chi connectivity index (χ2v) is 7.85. The maximum Gasteiger partial charge on any atom is 0.295 e. The van der Waals surface area contributed by atoms with Crippen LogP contribution in [0.5, 0.6) is 11.5 Å². The van der Waals surface area contributed by atoms with E-state index in [1.54, 1.807) is 60.9 Å². The summed E-state index contributed by atoms with van der Waals surface area (Å²) in [5.41, 5.74) is 1.71. The molecule has 33 heavy (non-hydrogen) atoms. The quantitative estimate of drug-likeness (QED) is 0.331. The van der Waals surface area contributed by atoms with Crippen molar-refractivity contribution in [1.29, 1.82) is 0 Å². The van der Waals surface area contributed by atoms with Crippen molar-refractivity contribution in [2.24, 2.45) is 0 Å². The van der Waals surface area contributed by atoms with E-state index in [0.717, 1.165) is 5.56 Å². The van der Waals surface area contributed by atoms with E-state index in [2.05, 4.69) is 4.98 Å². The molecule has 0 saturated carbocycles. The van der Waals surface area contributed by atoms with E-state index in [1.165, 1.54) is 19.1 Å². The van der Waals surface area contributed by atoms with E-state index in [4.69, 9.17) is 21.1 Å². The molecule has 1 fully saturated rings. The first-order chi connectivity index (χ1) is 15.9. The second kappa shape index (κ2) is 9.34. The maximum absolute atomic E-state index is 13.1. The van der Waals surface area contributed by atoms with Gasteiger partial charge < -0.3 is 19.5 Å². The Labute approximate surface area is 195 Å². The Kier molecular flexibility index (Phi) is 6.33. The average Bonchev–Trinajstić information content (AvgIpc) is 3.09. The molecule has 0 radical (unpaired) electrons. The number of aliphatic hydroxyl groups is 1. The Hall–Kier alpha value is -3.84. The molecule has 1 N–H and O–H groups in total. The molecular formula is C25H21ClN2O5. The molecule has 1 atom stereocenters. The molecule has 0 unspecified atom stereocenters. The van der Waals surface area contributed by atoms with Crippen LogP contribution >= 0.6 is 11.6 Å². The number of rotatable bonds is 6. The fraction of sp³-hybridized carbons (Fsp3) is 0.160. The first-order valence-electron chi connectivity index (χ1n) is 10.1. The van der Waals surface area contributed by atoms with Gasteiger partial charge in [0.1, 0.15) is 5.76 Å². The molecule has 3 aromatic rings. The number of amides is 1. The molecule has 7 nitrogen and oxygen atoms in total. The monoisotopic (exact) mass is 464 g/mol. The standard InChI is InChI=1S/C25H21ClN2O5/c1-32-19-10-7-17(12-20(19)33-2)23(29)21-22(16-5-8-18(26)9-6-16)28(25(31)24(21)30)14-15-4-3-11-27-13-15/h3-13,22,29H,14H2,1-2H3/b23-21+/t22-/m1/s1. The molecule has 0 bridgehead atoms. The van der Waals surface area contributed by atoms with Crippen molar-refractivity contribution >= 4 is 29.1 Å². The first kappa shape index (κ1) is 22.4. The van der Waals surface area contributed by atoms with E-state index in [1.807, 2.05) is 6.07 Å². The van der Waals surface area contributed by atoms with Crippen molar-refractivity contribution in [1.82, 2.24) is 9.88 Å². The van der Waals surface area contributed by atoms with E-state index < -0.39 is 17.7 Å². The van der Waals surface area contributed by atoms with Gasteiger partial charge in [-0.3, -0.25) is 14.6 Å². The largest absolute Gasteiger partial charge is 0.507 e. The van der Waals surface area contributed by atoms with Crippen LogP contribution in [0.3, 0.4) is 0 Å². The zero-order valence-corrected chi connectivity index (χ0v) is 18.7. The predicted octanol–water partition coefficient (Wildman–Crippen LogP) is 4.37. The molecule has 4 rings (SSSR count). The Bertz CT molecular complexity index is 1230. The van der Waals surface area contributed by atoms with Gasteiger partial charge in [0.15, 0.2) is 11.5 Å². The predicted molar refractivity (Wildman–Crippen MR) is 123 cm³/mol. The highest BCUT2D eigenvalue weighted by Gasteiger charge is 2.46. The van der Waals surface area contributed by atoms with Gasteiger partial charge in [-0.15, -0.1) is 0 Å². The van der Waals surface area contributed by atoms with Gasteiger partial charge >= 0.3 is 0 Å². The number of hydrogen-bond acceptors (Lipinski definition) is 6. The molecule has 168 valence electrons. The molecular weight excluding hydrogens is 444 g/mol. The minimum atomic E-state index is -0.810. The summed E-state index contributed by atoms with van der Waals surface area (Å²) in [4.78, 5) is 31.7. The number of aromatic nitrogens is 1. The van der Waals surface area contributed by atoms with Crippen LogP contribution in [0.15, 0.2) is 72.6 Å². The number of nitrogens with zero attached hydrogens (tertiary/aromatic N) is 2. The number of carbonyl (C=O) groups is 2. The van der Waals surface area contributed by atoms with Crippen LogP contribution in [0.2, 0.25) is 5.02 Å². The van der Waals surface area contributed by atoms with E-state index >= 15 is 0 Å². The summed E-state index contributed by atoms with van der Waals surface area (Å²) in [6.07, 6.45) is 3.26. The van der Waals surface area contributed by atoms with Crippen LogP contribution in [0.1, 0.15) is 22.7 Å². The summed E-state index contributed by atoms with van der Waals surface area (Å²) < 4.78 is 10.6. The highest BCUT2D eigenvalue weighted by atomic mass is 35.5. The van der Waals surface area contributed by atoms with Gasteiger partial charge in [-0.25, -0.2) is 0 Å². The van der Waals surface area contributed by atoms with Crippen LogP contribution in [0.25, 0.3) is 5.76 Å². The van der Waals surface area contributed by atoms with E-state index in [-0.39, 0.29) is 17.9 Å². The summed E-state index contributed by atoms with van der Waals surface area (Å²) in [5, 5.41) is 11.7.